The summed E-state index contributed by atoms with van der Waals surface area (Å²) in [5, 5.41) is 1.84. The molecule has 3 aromatic heterocycles. The Hall–Kier alpha value is -6.31. The molecule has 8 nitrogen and oxygen atoms in total. The van der Waals surface area contributed by atoms with Crippen molar-refractivity contribution in [3.8, 4) is 57.4 Å². The first-order chi connectivity index (χ1) is 26.9. The van der Waals surface area contributed by atoms with Gasteiger partial charge in [-0.05, 0) is 36.4 Å². The van der Waals surface area contributed by atoms with Gasteiger partial charge in [-0.25, -0.2) is 4.98 Å². The summed E-state index contributed by atoms with van der Waals surface area (Å²) >= 11 is 0. The average molecular weight is 869 g/mol. The summed E-state index contributed by atoms with van der Waals surface area (Å²) in [5.74, 6) is 5.37. The molecule has 6 aromatic carbocycles. The van der Waals surface area contributed by atoms with Crippen molar-refractivity contribution < 1.29 is 48.7 Å². The Kier molecular flexibility index (Phi) is 5.73. The number of nitrogens with zero attached hydrogens (tertiary/aromatic N) is 4. The van der Waals surface area contributed by atoms with E-state index in [0.29, 0.717) is 39.7 Å². The fourth-order valence-corrected chi connectivity index (χ4v) is 8.02. The van der Waals surface area contributed by atoms with Crippen LogP contribution in [0.3, 0.4) is 0 Å². The quantitative estimate of drug-likeness (QED) is 0.109. The SMILES string of the molecule is [2H]C([2H])([2H])[n+]1[c-]n(-c2[c-]c(Oc3[c-]c(-n4c5cc6c7c(c5c5cccnc54)Oc4cccc5c4B7c4c(cccc4O6)O5)ccc3)ccc2)c2ccccc21.[Pt]. The predicted octanol–water partition coefficient (Wildman–Crippen LogP) is 6.97. The monoisotopic (exact) mass is 868 g/mol. The van der Waals surface area contributed by atoms with Gasteiger partial charge in [0, 0.05) is 66.6 Å². The van der Waals surface area contributed by atoms with Gasteiger partial charge < -0.3 is 32.6 Å². The molecule has 3 aliphatic rings. The molecule has 0 fully saturated rings. The minimum Gasteiger partial charge on any atom is -0.510 e. The predicted molar refractivity (Wildman–Crippen MR) is 197 cm³/mol. The number of rotatable bonds is 4. The second kappa shape index (κ2) is 11.1. The Bertz CT molecular complexity index is 3130. The Morgan fingerprint density at radius 2 is 1.38 bits per heavy atom. The van der Waals surface area contributed by atoms with Gasteiger partial charge in [0.05, 0.1) is 33.0 Å². The summed E-state index contributed by atoms with van der Waals surface area (Å²) in [4.78, 5) is 4.88. The molecular weight excluding hydrogens is 842 g/mol. The van der Waals surface area contributed by atoms with E-state index >= 15 is 0 Å². The number of pyridine rings is 1. The number of para-hydroxylation sites is 2. The summed E-state index contributed by atoms with van der Waals surface area (Å²) in [6.07, 6.45) is 4.77. The maximum atomic E-state index is 8.04. The van der Waals surface area contributed by atoms with Crippen molar-refractivity contribution in [1.82, 2.24) is 14.1 Å². The molecule has 10 heteroatoms. The van der Waals surface area contributed by atoms with Gasteiger partial charge in [0.15, 0.2) is 0 Å². The molecule has 0 radical (unpaired) electrons. The molecule has 0 atom stereocenters. The van der Waals surface area contributed by atoms with Crippen molar-refractivity contribution in [1.29, 1.82) is 0 Å². The molecule has 12 rings (SSSR count). The van der Waals surface area contributed by atoms with Crippen LogP contribution >= 0.6 is 0 Å². The Morgan fingerprint density at radius 1 is 0.698 bits per heavy atom. The van der Waals surface area contributed by atoms with Crippen molar-refractivity contribution >= 4 is 56.1 Å². The number of hydrogen-bond donors (Lipinski definition) is 0. The zero-order valence-electron chi connectivity index (χ0n) is 30.4. The van der Waals surface area contributed by atoms with Crippen LogP contribution in [0.2, 0.25) is 0 Å². The van der Waals surface area contributed by atoms with E-state index in [2.05, 4.69) is 35.2 Å². The standard InChI is InChI=1S/C43H23BN4O4.Pt/c1-46-24-47(31-15-3-2-14-30(31)46)25-9-4-11-27(21-25)49-28-12-5-10-26(22-28)48-32-23-37-41-42(38(32)29-13-8-20-45-43(29)48)52-36-19-7-17-34-40(36)44(41)39-33(50-34)16-6-18-35(39)51-37;/h2-20,23H,1H3;/q-2;/i1D3;. The van der Waals surface area contributed by atoms with Gasteiger partial charge >= 0.3 is 0 Å². The first kappa shape index (κ1) is 27.4. The van der Waals surface area contributed by atoms with E-state index in [-0.39, 0.29) is 27.8 Å². The summed E-state index contributed by atoms with van der Waals surface area (Å²) in [6, 6.07) is 43.1. The number of imidazole rings is 1. The van der Waals surface area contributed by atoms with Crippen molar-refractivity contribution in [3.05, 3.63) is 140 Å². The van der Waals surface area contributed by atoms with Gasteiger partial charge in [0.25, 0.3) is 6.71 Å². The normalized spacial score (nSPS) is 14.0. The van der Waals surface area contributed by atoms with E-state index < -0.39 is 6.98 Å². The summed E-state index contributed by atoms with van der Waals surface area (Å²) in [5.41, 5.74) is 7.02. The molecule has 9 aromatic rings. The second-order valence-electron chi connectivity index (χ2n) is 13.0. The number of hydrogen-bond acceptors (Lipinski definition) is 5. The first-order valence-electron chi connectivity index (χ1n) is 18.3. The van der Waals surface area contributed by atoms with Crippen LogP contribution in [0, 0.1) is 18.5 Å². The minimum absolute atomic E-state index is 0. The Labute approximate surface area is 321 Å². The zero-order valence-corrected chi connectivity index (χ0v) is 29.6. The molecule has 3 aliphatic heterocycles. The molecule has 0 saturated heterocycles. The van der Waals surface area contributed by atoms with Crippen molar-refractivity contribution in [2.24, 2.45) is 6.98 Å². The van der Waals surface area contributed by atoms with Crippen LogP contribution in [0.1, 0.15) is 4.11 Å². The van der Waals surface area contributed by atoms with Gasteiger partial charge in [-0.2, -0.15) is 18.2 Å². The van der Waals surface area contributed by atoms with Crippen LogP contribution in [0.25, 0.3) is 44.3 Å². The van der Waals surface area contributed by atoms with E-state index in [1.54, 1.807) is 29.0 Å². The second-order valence-corrected chi connectivity index (χ2v) is 13.0. The van der Waals surface area contributed by atoms with E-state index in [1.807, 2.05) is 84.9 Å². The van der Waals surface area contributed by atoms with E-state index in [1.165, 1.54) is 0 Å². The molecule has 0 bridgehead atoms. The first-order valence-corrected chi connectivity index (χ1v) is 16.8. The molecule has 6 heterocycles. The molecule has 254 valence electrons. The number of aromatic nitrogens is 4. The maximum Gasteiger partial charge on any atom is 0.270 e. The molecule has 0 unspecified atom stereocenters. The zero-order chi connectivity index (χ0) is 36.6. The van der Waals surface area contributed by atoms with Gasteiger partial charge in [-0.15, -0.1) is 30.3 Å². The summed E-state index contributed by atoms with van der Waals surface area (Å²) in [6.45, 7) is -2.52. The molecule has 53 heavy (non-hydrogen) atoms. The average Bonchev–Trinajstić information content (AvgIpc) is 3.75. The van der Waals surface area contributed by atoms with Crippen molar-refractivity contribution in [2.45, 2.75) is 0 Å². The van der Waals surface area contributed by atoms with Crippen LogP contribution in [0.5, 0.6) is 46.0 Å². The third kappa shape index (κ3) is 4.22. The van der Waals surface area contributed by atoms with Crippen LogP contribution in [-0.2, 0) is 28.0 Å². The Balaban J connectivity index is 0.00000363. The molecule has 0 saturated carbocycles. The molecule has 0 aliphatic carbocycles. The summed E-state index contributed by atoms with van der Waals surface area (Å²) in [7, 11) is 0. The number of fused-ring (bicyclic) bond motifs is 5. The van der Waals surface area contributed by atoms with E-state index in [9.17, 15) is 0 Å². The fourth-order valence-electron chi connectivity index (χ4n) is 8.02. The molecule has 0 amide bonds. The number of benzene rings is 6. The van der Waals surface area contributed by atoms with E-state index in [4.69, 9.17) is 28.0 Å². The van der Waals surface area contributed by atoms with Crippen LogP contribution in [0.15, 0.2) is 121 Å². The molecule has 0 spiro atoms. The number of ether oxygens (including phenoxy) is 4. The summed E-state index contributed by atoms with van der Waals surface area (Å²) < 4.78 is 55.3. The van der Waals surface area contributed by atoms with Crippen molar-refractivity contribution in [3.63, 3.8) is 0 Å². The molecular formula is C43H23BN4O4Pt-2. The fraction of sp³-hybridized carbons (Fsp3) is 0.0233. The minimum atomic E-state index is -2.40. The number of aryl methyl sites for hydroxylation is 1. The van der Waals surface area contributed by atoms with Gasteiger partial charge in [0.1, 0.15) is 40.1 Å². The Morgan fingerprint density at radius 3 is 2.15 bits per heavy atom. The molecule has 0 N–H and O–H groups in total. The third-order valence-electron chi connectivity index (χ3n) is 10.1. The largest absolute Gasteiger partial charge is 0.510 e. The van der Waals surface area contributed by atoms with E-state index in [0.717, 1.165) is 71.6 Å². The van der Waals surface area contributed by atoms with Crippen LogP contribution in [0.4, 0.5) is 0 Å². The smallest absolute Gasteiger partial charge is 0.270 e. The third-order valence-corrected chi connectivity index (χ3v) is 10.1. The van der Waals surface area contributed by atoms with Gasteiger partial charge in [0.2, 0.25) is 6.33 Å². The topological polar surface area (TPSA) is 63.6 Å². The van der Waals surface area contributed by atoms with Gasteiger partial charge in [-0.3, -0.25) is 0 Å². The van der Waals surface area contributed by atoms with Crippen LogP contribution in [-0.4, -0.2) is 20.8 Å². The van der Waals surface area contributed by atoms with Gasteiger partial charge in [-0.1, -0.05) is 47.8 Å². The maximum absolute atomic E-state index is 8.04. The van der Waals surface area contributed by atoms with Crippen molar-refractivity contribution in [2.75, 3.05) is 0 Å². The van der Waals surface area contributed by atoms with Crippen LogP contribution < -0.4 is 39.9 Å².